The molecule has 0 unspecified atom stereocenters. The molecule has 190 valence electrons. The van der Waals surface area contributed by atoms with Crippen molar-refractivity contribution in [3.8, 4) is 33.9 Å². The molecule has 0 aliphatic carbocycles. The van der Waals surface area contributed by atoms with Crippen LogP contribution < -0.4 is 14.8 Å². The Kier molecular flexibility index (Phi) is 8.01. The number of aromatic amines is 1. The van der Waals surface area contributed by atoms with Crippen LogP contribution in [0.15, 0.2) is 66.9 Å². The number of aromatic nitrogens is 2. The van der Waals surface area contributed by atoms with Crippen LogP contribution in [-0.4, -0.2) is 47.4 Å². The van der Waals surface area contributed by atoms with Crippen molar-refractivity contribution in [1.82, 2.24) is 15.5 Å². The smallest absolute Gasteiger partial charge is 0.326 e. The van der Waals surface area contributed by atoms with Crippen molar-refractivity contribution in [2.45, 2.75) is 12.5 Å². The van der Waals surface area contributed by atoms with E-state index in [2.05, 4.69) is 15.5 Å². The molecular weight excluding hydrogens is 517 g/mol. The molecule has 0 spiro atoms. The molecule has 0 radical (unpaired) electrons. The Morgan fingerprint density at radius 2 is 1.59 bits per heavy atom. The van der Waals surface area contributed by atoms with Gasteiger partial charge in [0.25, 0.3) is 5.91 Å². The molecule has 0 fully saturated rings. The molecule has 0 aliphatic rings. The van der Waals surface area contributed by atoms with E-state index in [9.17, 15) is 14.7 Å². The van der Waals surface area contributed by atoms with Gasteiger partial charge in [0, 0.05) is 18.2 Å². The van der Waals surface area contributed by atoms with E-state index >= 15 is 0 Å². The number of nitrogens with zero attached hydrogens (tertiary/aromatic N) is 1. The Hall–Kier alpha value is -4.01. The number of halogens is 2. The van der Waals surface area contributed by atoms with Gasteiger partial charge in [-0.05, 0) is 41.5 Å². The summed E-state index contributed by atoms with van der Waals surface area (Å²) in [6, 6.07) is 16.4. The summed E-state index contributed by atoms with van der Waals surface area (Å²) in [6.45, 7) is 0. The van der Waals surface area contributed by atoms with Crippen LogP contribution in [0.3, 0.4) is 0 Å². The van der Waals surface area contributed by atoms with E-state index in [0.29, 0.717) is 28.3 Å². The molecule has 1 amide bonds. The topological polar surface area (TPSA) is 114 Å². The number of aliphatic carboxylic acids is 1. The van der Waals surface area contributed by atoms with Gasteiger partial charge in [-0.1, -0.05) is 53.5 Å². The number of amides is 1. The predicted molar refractivity (Wildman–Crippen MR) is 142 cm³/mol. The summed E-state index contributed by atoms with van der Waals surface area (Å²) in [6.07, 6.45) is 1.63. The first-order valence-corrected chi connectivity index (χ1v) is 11.9. The number of H-pyrrole nitrogens is 1. The van der Waals surface area contributed by atoms with Gasteiger partial charge < -0.3 is 19.9 Å². The van der Waals surface area contributed by atoms with Crippen LogP contribution in [0.1, 0.15) is 15.9 Å². The first kappa shape index (κ1) is 26.1. The molecule has 37 heavy (non-hydrogen) atoms. The molecule has 1 atom stereocenters. The fourth-order valence-corrected chi connectivity index (χ4v) is 4.63. The molecule has 3 N–H and O–H groups in total. The van der Waals surface area contributed by atoms with Gasteiger partial charge in [0.2, 0.25) is 0 Å². The first-order valence-electron chi connectivity index (χ1n) is 11.1. The van der Waals surface area contributed by atoms with E-state index in [1.54, 1.807) is 50.7 Å². The summed E-state index contributed by atoms with van der Waals surface area (Å²) in [5.74, 6) is -0.579. The normalized spacial score (nSPS) is 11.6. The SMILES string of the molecule is COc1cccc(OC)c1-c1ccc(C[C@H](NC(=O)c2c(Cl)cc(-c3ccn[nH]3)cc2Cl)C(=O)O)cc1. The predicted octanol–water partition coefficient (Wildman–Crippen LogP) is 5.49. The van der Waals surface area contributed by atoms with Gasteiger partial charge in [0.05, 0.1) is 41.1 Å². The number of hydrogen-bond acceptors (Lipinski definition) is 5. The van der Waals surface area contributed by atoms with Crippen LogP contribution in [0.5, 0.6) is 11.5 Å². The summed E-state index contributed by atoms with van der Waals surface area (Å²) in [5.41, 5.74) is 3.64. The molecule has 1 heterocycles. The minimum Gasteiger partial charge on any atom is -0.496 e. The second kappa shape index (κ2) is 11.4. The van der Waals surface area contributed by atoms with Gasteiger partial charge in [-0.3, -0.25) is 9.89 Å². The summed E-state index contributed by atoms with van der Waals surface area (Å²) >= 11 is 12.7. The van der Waals surface area contributed by atoms with Gasteiger partial charge in [-0.2, -0.15) is 5.10 Å². The van der Waals surface area contributed by atoms with Crippen LogP contribution in [0, 0.1) is 0 Å². The minimum atomic E-state index is -1.21. The van der Waals surface area contributed by atoms with E-state index in [-0.39, 0.29) is 22.0 Å². The Balaban J connectivity index is 1.53. The van der Waals surface area contributed by atoms with Crippen molar-refractivity contribution in [3.05, 3.63) is 88.0 Å². The maximum Gasteiger partial charge on any atom is 0.326 e. The molecule has 8 nitrogen and oxygen atoms in total. The third-order valence-corrected chi connectivity index (χ3v) is 6.39. The lowest BCUT2D eigenvalue weighted by molar-refractivity contribution is -0.139. The molecule has 10 heteroatoms. The molecule has 0 bridgehead atoms. The molecule has 0 saturated heterocycles. The number of ether oxygens (including phenoxy) is 2. The number of methoxy groups -OCH3 is 2. The lowest BCUT2D eigenvalue weighted by atomic mass is 9.99. The van der Waals surface area contributed by atoms with Crippen LogP contribution in [-0.2, 0) is 11.2 Å². The van der Waals surface area contributed by atoms with Crippen LogP contribution in [0.25, 0.3) is 22.4 Å². The number of nitrogens with one attached hydrogen (secondary N) is 2. The summed E-state index contributed by atoms with van der Waals surface area (Å²) < 4.78 is 10.9. The lowest BCUT2D eigenvalue weighted by Gasteiger charge is -2.17. The van der Waals surface area contributed by atoms with Crippen molar-refractivity contribution in [2.24, 2.45) is 0 Å². The maximum absolute atomic E-state index is 13.0. The molecule has 0 saturated carbocycles. The van der Waals surface area contributed by atoms with Gasteiger partial charge >= 0.3 is 5.97 Å². The van der Waals surface area contributed by atoms with Gasteiger partial charge in [0.1, 0.15) is 17.5 Å². The zero-order valence-electron chi connectivity index (χ0n) is 19.9. The van der Waals surface area contributed by atoms with Gasteiger partial charge in [-0.15, -0.1) is 0 Å². The highest BCUT2D eigenvalue weighted by atomic mass is 35.5. The highest BCUT2D eigenvalue weighted by molar-refractivity contribution is 6.40. The third kappa shape index (κ3) is 5.71. The number of carboxylic acids is 1. The van der Waals surface area contributed by atoms with E-state index in [1.165, 1.54) is 0 Å². The average molecular weight is 540 g/mol. The molecule has 4 aromatic rings. The molecular formula is C27H23Cl2N3O5. The van der Waals surface area contributed by atoms with Crippen molar-refractivity contribution in [3.63, 3.8) is 0 Å². The summed E-state index contributed by atoms with van der Waals surface area (Å²) in [4.78, 5) is 25.0. The average Bonchev–Trinajstić information content (AvgIpc) is 3.43. The number of benzene rings is 3. The van der Waals surface area contributed by atoms with Crippen molar-refractivity contribution < 1.29 is 24.2 Å². The van der Waals surface area contributed by atoms with Gasteiger partial charge in [0.15, 0.2) is 0 Å². The Bertz CT molecular complexity index is 1380. The fraction of sp³-hybridized carbons (Fsp3) is 0.148. The van der Waals surface area contributed by atoms with E-state index in [4.69, 9.17) is 32.7 Å². The number of carbonyl (C=O) groups is 2. The van der Waals surface area contributed by atoms with Crippen molar-refractivity contribution in [2.75, 3.05) is 14.2 Å². The fourth-order valence-electron chi connectivity index (χ4n) is 3.97. The molecule has 0 aliphatic heterocycles. The zero-order chi connectivity index (χ0) is 26.5. The Morgan fingerprint density at radius 1 is 0.973 bits per heavy atom. The van der Waals surface area contributed by atoms with Crippen LogP contribution in [0.2, 0.25) is 10.0 Å². The minimum absolute atomic E-state index is 0.00327. The van der Waals surface area contributed by atoms with E-state index < -0.39 is 17.9 Å². The Morgan fingerprint density at radius 3 is 2.11 bits per heavy atom. The standard InChI is InChI=1S/C27H23Cl2N3O5/c1-36-22-4-3-5-23(37-2)24(22)16-8-6-15(7-9-16)12-21(27(34)35)31-26(33)25-18(28)13-17(14-19(25)29)20-10-11-30-32-20/h3-11,13-14,21H,12H2,1-2H3,(H,30,32)(H,31,33)(H,34,35)/t21-/m0/s1. The third-order valence-electron chi connectivity index (χ3n) is 5.79. The number of carboxylic acid groups (broad SMARTS) is 1. The molecule has 4 rings (SSSR count). The van der Waals surface area contributed by atoms with Crippen molar-refractivity contribution in [1.29, 1.82) is 0 Å². The summed E-state index contributed by atoms with van der Waals surface area (Å²) in [7, 11) is 3.16. The molecule has 3 aromatic carbocycles. The second-order valence-electron chi connectivity index (χ2n) is 8.09. The van der Waals surface area contributed by atoms with E-state index in [1.807, 2.05) is 30.3 Å². The van der Waals surface area contributed by atoms with E-state index in [0.717, 1.165) is 11.1 Å². The van der Waals surface area contributed by atoms with Crippen LogP contribution >= 0.6 is 23.2 Å². The zero-order valence-corrected chi connectivity index (χ0v) is 21.4. The number of rotatable bonds is 9. The summed E-state index contributed by atoms with van der Waals surface area (Å²) in [5, 5.41) is 19.2. The first-order chi connectivity index (χ1) is 17.8. The highest BCUT2D eigenvalue weighted by Gasteiger charge is 2.25. The molecule has 1 aromatic heterocycles. The van der Waals surface area contributed by atoms with Crippen LogP contribution in [0.4, 0.5) is 0 Å². The second-order valence-corrected chi connectivity index (χ2v) is 8.90. The largest absolute Gasteiger partial charge is 0.496 e. The highest BCUT2D eigenvalue weighted by Crippen LogP contribution is 2.38. The Labute approximate surface area is 223 Å². The van der Waals surface area contributed by atoms with Crippen molar-refractivity contribution >= 4 is 35.1 Å². The van der Waals surface area contributed by atoms with Gasteiger partial charge in [-0.25, -0.2) is 4.79 Å². The monoisotopic (exact) mass is 539 g/mol. The maximum atomic E-state index is 13.0. The number of carbonyl (C=O) groups excluding carboxylic acids is 1. The lowest BCUT2D eigenvalue weighted by Crippen LogP contribution is -2.42. The quantitative estimate of drug-likeness (QED) is 0.259. The number of hydrogen-bond donors (Lipinski definition) is 3.